The van der Waals surface area contributed by atoms with Gasteiger partial charge >= 0.3 is 0 Å². The van der Waals surface area contributed by atoms with Gasteiger partial charge in [-0.1, -0.05) is 17.7 Å². The largest absolute Gasteiger partial charge is 0.496 e. The summed E-state index contributed by atoms with van der Waals surface area (Å²) in [5.74, 6) is 0.722. The van der Waals surface area contributed by atoms with E-state index in [0.29, 0.717) is 12.1 Å². The maximum Gasteiger partial charge on any atom is 0.269 e. The topological polar surface area (TPSA) is 105 Å². The molecule has 2 atom stereocenters. The highest BCUT2D eigenvalue weighted by Gasteiger charge is 2.21. The Hall–Kier alpha value is -2.48. The molecule has 0 fully saturated rings. The summed E-state index contributed by atoms with van der Waals surface area (Å²) in [4.78, 5) is 10.2. The Kier molecular flexibility index (Phi) is 6.46. The van der Waals surface area contributed by atoms with E-state index in [1.165, 1.54) is 24.3 Å². The normalized spacial score (nSPS) is 13.3. The third-order valence-electron chi connectivity index (χ3n) is 4.01. The van der Waals surface area contributed by atoms with Gasteiger partial charge in [0.2, 0.25) is 0 Å². The predicted octanol–water partition coefficient (Wildman–Crippen LogP) is 2.10. The molecule has 0 aliphatic carbocycles. The van der Waals surface area contributed by atoms with Crippen LogP contribution in [0.1, 0.15) is 22.8 Å². The molecule has 0 heterocycles. The molecule has 3 N–H and O–H groups in total. The van der Waals surface area contributed by atoms with Crippen LogP contribution in [0.5, 0.6) is 5.75 Å². The summed E-state index contributed by atoms with van der Waals surface area (Å²) >= 11 is 0. The number of nitro benzene ring substituents is 1. The molecule has 25 heavy (non-hydrogen) atoms. The zero-order valence-electron chi connectivity index (χ0n) is 14.2. The molecule has 0 aliphatic heterocycles. The molecule has 0 aromatic heterocycles. The first kappa shape index (κ1) is 18.9. The summed E-state index contributed by atoms with van der Waals surface area (Å²) in [6, 6.07) is 10.8. The van der Waals surface area contributed by atoms with Gasteiger partial charge in [0, 0.05) is 24.2 Å². The maximum absolute atomic E-state index is 10.7. The Labute approximate surface area is 146 Å². The second-order valence-corrected chi connectivity index (χ2v) is 5.78. The number of aliphatic hydroxyl groups is 2. The van der Waals surface area contributed by atoms with Crippen LogP contribution in [0.3, 0.4) is 0 Å². The minimum atomic E-state index is -0.999. The second kappa shape index (κ2) is 8.57. The smallest absolute Gasteiger partial charge is 0.269 e. The molecule has 0 saturated carbocycles. The van der Waals surface area contributed by atoms with Gasteiger partial charge in [-0.3, -0.25) is 10.1 Å². The number of non-ortho nitro benzene ring substituents is 1. The van der Waals surface area contributed by atoms with Crippen LogP contribution in [0.4, 0.5) is 5.69 Å². The van der Waals surface area contributed by atoms with Crippen LogP contribution < -0.4 is 10.1 Å². The molecule has 0 amide bonds. The van der Waals surface area contributed by atoms with Crippen molar-refractivity contribution >= 4 is 5.69 Å². The van der Waals surface area contributed by atoms with E-state index in [1.54, 1.807) is 7.11 Å². The summed E-state index contributed by atoms with van der Waals surface area (Å²) in [5.41, 5.74) is 2.44. The molecule has 0 saturated heterocycles. The molecule has 134 valence electrons. The number of benzene rings is 2. The zero-order valence-corrected chi connectivity index (χ0v) is 14.2. The molecule has 7 heteroatoms. The van der Waals surface area contributed by atoms with Gasteiger partial charge in [-0.05, 0) is 30.7 Å². The fourth-order valence-corrected chi connectivity index (χ4v) is 2.59. The van der Waals surface area contributed by atoms with Crippen molar-refractivity contribution < 1.29 is 19.9 Å². The SMILES string of the molecule is COc1ccc(C)cc1CN[C@H](CO)[C@H](O)c1ccc([N+](=O)[O-])cc1. The van der Waals surface area contributed by atoms with Crippen molar-refractivity contribution in [3.63, 3.8) is 0 Å². The van der Waals surface area contributed by atoms with Crippen LogP contribution in [-0.4, -0.2) is 34.9 Å². The molecule has 7 nitrogen and oxygen atoms in total. The lowest BCUT2D eigenvalue weighted by atomic mass is 10.0. The second-order valence-electron chi connectivity index (χ2n) is 5.78. The number of hydrogen-bond acceptors (Lipinski definition) is 6. The number of methoxy groups -OCH3 is 1. The average molecular weight is 346 g/mol. The number of hydrogen-bond donors (Lipinski definition) is 3. The number of aryl methyl sites for hydroxylation is 1. The quantitative estimate of drug-likeness (QED) is 0.499. The Morgan fingerprint density at radius 2 is 1.92 bits per heavy atom. The molecule has 2 rings (SSSR count). The molecule has 2 aromatic carbocycles. The van der Waals surface area contributed by atoms with Crippen molar-refractivity contribution in [3.05, 3.63) is 69.3 Å². The van der Waals surface area contributed by atoms with Gasteiger partial charge in [-0.25, -0.2) is 0 Å². The van der Waals surface area contributed by atoms with E-state index in [9.17, 15) is 20.3 Å². The fraction of sp³-hybridized carbons (Fsp3) is 0.333. The fourth-order valence-electron chi connectivity index (χ4n) is 2.59. The molecule has 0 spiro atoms. The van der Waals surface area contributed by atoms with Gasteiger partial charge < -0.3 is 20.3 Å². The minimum absolute atomic E-state index is 0.0473. The van der Waals surface area contributed by atoms with Crippen LogP contribution in [0, 0.1) is 17.0 Å². The number of nitro groups is 1. The standard InChI is InChI=1S/C18H22N2O5/c1-12-3-8-17(25-2)14(9-12)10-19-16(11-21)18(22)13-4-6-15(7-5-13)20(23)24/h3-9,16,18-19,21-22H,10-11H2,1-2H3/t16-,18-/m1/s1. The van der Waals surface area contributed by atoms with Crippen LogP contribution in [0.15, 0.2) is 42.5 Å². The number of nitrogens with one attached hydrogen (secondary N) is 1. The third kappa shape index (κ3) is 4.76. The van der Waals surface area contributed by atoms with E-state index < -0.39 is 17.1 Å². The third-order valence-corrected chi connectivity index (χ3v) is 4.01. The van der Waals surface area contributed by atoms with E-state index in [-0.39, 0.29) is 12.3 Å². The highest BCUT2D eigenvalue weighted by atomic mass is 16.6. The molecule has 0 radical (unpaired) electrons. The van der Waals surface area contributed by atoms with E-state index in [4.69, 9.17) is 4.74 Å². The van der Waals surface area contributed by atoms with Gasteiger partial charge in [-0.2, -0.15) is 0 Å². The number of aliphatic hydroxyl groups excluding tert-OH is 2. The van der Waals surface area contributed by atoms with Gasteiger partial charge in [0.15, 0.2) is 0 Å². The van der Waals surface area contributed by atoms with Crippen molar-refractivity contribution in [2.75, 3.05) is 13.7 Å². The molecule has 0 unspecified atom stereocenters. The lowest BCUT2D eigenvalue weighted by Gasteiger charge is -2.23. The van der Waals surface area contributed by atoms with Crippen LogP contribution in [0.2, 0.25) is 0 Å². The molecular formula is C18H22N2O5. The van der Waals surface area contributed by atoms with Crippen molar-refractivity contribution in [2.24, 2.45) is 0 Å². The van der Waals surface area contributed by atoms with Crippen molar-refractivity contribution in [1.82, 2.24) is 5.32 Å². The van der Waals surface area contributed by atoms with Gasteiger partial charge in [0.25, 0.3) is 5.69 Å². The summed E-state index contributed by atoms with van der Waals surface area (Å²) in [6.07, 6.45) is -0.999. The van der Waals surface area contributed by atoms with Gasteiger partial charge in [-0.15, -0.1) is 0 Å². The van der Waals surface area contributed by atoms with Crippen molar-refractivity contribution in [2.45, 2.75) is 25.6 Å². The van der Waals surface area contributed by atoms with E-state index >= 15 is 0 Å². The number of rotatable bonds is 8. The van der Waals surface area contributed by atoms with E-state index in [1.807, 2.05) is 25.1 Å². The Balaban J connectivity index is 2.09. The number of nitrogens with zero attached hydrogens (tertiary/aromatic N) is 1. The van der Waals surface area contributed by atoms with Gasteiger partial charge in [0.05, 0.1) is 30.8 Å². The van der Waals surface area contributed by atoms with Crippen molar-refractivity contribution in [1.29, 1.82) is 0 Å². The van der Waals surface area contributed by atoms with Crippen LogP contribution in [0.25, 0.3) is 0 Å². The summed E-state index contributed by atoms with van der Waals surface area (Å²) in [7, 11) is 1.59. The Morgan fingerprint density at radius 1 is 1.24 bits per heavy atom. The average Bonchev–Trinajstić information content (AvgIpc) is 2.62. The molecule has 2 aromatic rings. The van der Waals surface area contributed by atoms with Crippen LogP contribution in [-0.2, 0) is 6.54 Å². The zero-order chi connectivity index (χ0) is 18.4. The molecular weight excluding hydrogens is 324 g/mol. The highest BCUT2D eigenvalue weighted by molar-refractivity contribution is 5.37. The predicted molar refractivity (Wildman–Crippen MR) is 93.5 cm³/mol. The summed E-state index contributed by atoms with van der Waals surface area (Å²) in [6.45, 7) is 2.09. The van der Waals surface area contributed by atoms with Gasteiger partial charge in [0.1, 0.15) is 5.75 Å². The van der Waals surface area contributed by atoms with Crippen molar-refractivity contribution in [3.8, 4) is 5.75 Å². The summed E-state index contributed by atoms with van der Waals surface area (Å²) in [5, 5.41) is 33.9. The maximum atomic E-state index is 10.7. The lowest BCUT2D eigenvalue weighted by Crippen LogP contribution is -2.37. The first-order chi connectivity index (χ1) is 12.0. The Morgan fingerprint density at radius 3 is 2.48 bits per heavy atom. The first-order valence-corrected chi connectivity index (χ1v) is 7.86. The monoisotopic (exact) mass is 346 g/mol. The number of ether oxygens (including phenoxy) is 1. The van der Waals surface area contributed by atoms with E-state index in [0.717, 1.165) is 16.9 Å². The Bertz CT molecular complexity index is 718. The summed E-state index contributed by atoms with van der Waals surface area (Å²) < 4.78 is 5.32. The molecule has 0 bridgehead atoms. The lowest BCUT2D eigenvalue weighted by molar-refractivity contribution is -0.384. The highest BCUT2D eigenvalue weighted by Crippen LogP contribution is 2.23. The first-order valence-electron chi connectivity index (χ1n) is 7.86. The molecule has 0 aliphatic rings. The van der Waals surface area contributed by atoms with E-state index in [2.05, 4.69) is 5.32 Å². The minimum Gasteiger partial charge on any atom is -0.496 e. The van der Waals surface area contributed by atoms with Crippen LogP contribution >= 0.6 is 0 Å².